The molecule has 0 bridgehead atoms. The Bertz CT molecular complexity index is 2770. The average Bonchev–Trinajstić information content (AvgIpc) is 3.23. The summed E-state index contributed by atoms with van der Waals surface area (Å²) < 4.78 is 0. The van der Waals surface area contributed by atoms with Crippen molar-refractivity contribution >= 4 is 43.6 Å². The van der Waals surface area contributed by atoms with Crippen molar-refractivity contribution in [1.29, 1.82) is 0 Å². The zero-order valence-electron chi connectivity index (χ0n) is 27.6. The minimum absolute atomic E-state index is 0.554. The standard InChI is InChI=1S/C44H26N8/c1-2-8-27(9-3-1)42-50-43(28-14-20-45-21-15-28)52-44(51-42)33-23-31(36-25-29-10-4-16-46-38(29)40-34(36)12-6-18-48-40)22-32(24-33)37-26-30-11-5-17-47-39(30)41-35(37)13-7-19-49-41/h1-26H. The molecule has 0 fully saturated rings. The smallest absolute Gasteiger partial charge is 0.164 e. The highest BCUT2D eigenvalue weighted by Crippen LogP contribution is 2.40. The molecule has 6 heterocycles. The van der Waals surface area contributed by atoms with Gasteiger partial charge in [0.15, 0.2) is 17.5 Å². The number of nitrogens with zero attached hydrogens (tertiary/aromatic N) is 8. The van der Waals surface area contributed by atoms with Crippen LogP contribution in [0.3, 0.4) is 0 Å². The van der Waals surface area contributed by atoms with Gasteiger partial charge < -0.3 is 0 Å². The zero-order valence-corrected chi connectivity index (χ0v) is 27.6. The van der Waals surface area contributed by atoms with E-state index < -0.39 is 0 Å². The van der Waals surface area contributed by atoms with Crippen molar-refractivity contribution in [3.05, 3.63) is 159 Å². The van der Waals surface area contributed by atoms with E-state index >= 15 is 0 Å². The first-order valence-electron chi connectivity index (χ1n) is 16.9. The molecule has 52 heavy (non-hydrogen) atoms. The normalized spacial score (nSPS) is 11.5. The molecule has 0 radical (unpaired) electrons. The molecule has 0 aliphatic carbocycles. The summed E-state index contributed by atoms with van der Waals surface area (Å²) in [6, 6.07) is 41.0. The fourth-order valence-corrected chi connectivity index (χ4v) is 6.95. The Balaban J connectivity index is 1.30. The van der Waals surface area contributed by atoms with Gasteiger partial charge >= 0.3 is 0 Å². The number of rotatable bonds is 5. The van der Waals surface area contributed by atoms with Crippen LogP contribution in [-0.2, 0) is 0 Å². The minimum atomic E-state index is 0.554. The van der Waals surface area contributed by atoms with Crippen LogP contribution in [0, 0.1) is 0 Å². The van der Waals surface area contributed by atoms with Gasteiger partial charge in [-0.15, -0.1) is 0 Å². The second-order valence-electron chi connectivity index (χ2n) is 12.5. The van der Waals surface area contributed by atoms with Gasteiger partial charge in [0.2, 0.25) is 0 Å². The van der Waals surface area contributed by atoms with Crippen LogP contribution in [0.2, 0.25) is 0 Å². The summed E-state index contributed by atoms with van der Waals surface area (Å²) in [6.07, 6.45) is 10.8. The van der Waals surface area contributed by atoms with Crippen molar-refractivity contribution in [2.45, 2.75) is 0 Å². The fraction of sp³-hybridized carbons (Fsp3) is 0. The van der Waals surface area contributed by atoms with E-state index in [4.69, 9.17) is 34.9 Å². The third-order valence-electron chi connectivity index (χ3n) is 9.34. The molecule has 0 atom stereocenters. The highest BCUT2D eigenvalue weighted by atomic mass is 15.0. The Kier molecular flexibility index (Phi) is 6.95. The lowest BCUT2D eigenvalue weighted by Crippen LogP contribution is -2.01. The summed E-state index contributed by atoms with van der Waals surface area (Å²) in [6.45, 7) is 0. The van der Waals surface area contributed by atoms with E-state index in [1.54, 1.807) is 12.4 Å². The van der Waals surface area contributed by atoms with Gasteiger partial charge in [-0.3, -0.25) is 24.9 Å². The van der Waals surface area contributed by atoms with Crippen LogP contribution in [0.25, 0.3) is 100 Å². The molecule has 0 saturated heterocycles. The topological polar surface area (TPSA) is 103 Å². The molecule has 10 aromatic rings. The van der Waals surface area contributed by atoms with E-state index in [1.165, 1.54) is 0 Å². The summed E-state index contributed by atoms with van der Waals surface area (Å²) in [5.74, 6) is 1.71. The molecule has 0 amide bonds. The van der Waals surface area contributed by atoms with Gasteiger partial charge in [0.1, 0.15) is 0 Å². The minimum Gasteiger partial charge on any atom is -0.265 e. The van der Waals surface area contributed by atoms with Crippen molar-refractivity contribution < 1.29 is 0 Å². The van der Waals surface area contributed by atoms with Gasteiger partial charge in [-0.2, -0.15) is 0 Å². The largest absolute Gasteiger partial charge is 0.265 e. The molecule has 0 aliphatic rings. The summed E-state index contributed by atoms with van der Waals surface area (Å²) in [5.41, 5.74) is 10.1. The second kappa shape index (κ2) is 12.2. The average molecular weight is 667 g/mol. The summed E-state index contributed by atoms with van der Waals surface area (Å²) in [5, 5.41) is 4.02. The fourth-order valence-electron chi connectivity index (χ4n) is 6.95. The maximum atomic E-state index is 5.11. The SMILES string of the molecule is c1ccc(-c2nc(-c3ccncc3)nc(-c3cc(-c4cc5cccnc5c5ncccc45)cc(-c4cc5cccnc5c5ncccc45)c3)n2)cc1. The summed E-state index contributed by atoms with van der Waals surface area (Å²) in [7, 11) is 0. The van der Waals surface area contributed by atoms with Crippen LogP contribution in [-0.4, -0.2) is 39.9 Å². The van der Waals surface area contributed by atoms with Gasteiger partial charge in [0, 0.05) is 75.4 Å². The molecule has 0 N–H and O–H groups in total. The number of aromatic nitrogens is 8. The Labute approximate surface area is 297 Å². The van der Waals surface area contributed by atoms with E-state index in [-0.39, 0.29) is 0 Å². The number of hydrogen-bond donors (Lipinski definition) is 0. The van der Waals surface area contributed by atoms with Crippen molar-refractivity contribution in [1.82, 2.24) is 39.9 Å². The highest BCUT2D eigenvalue weighted by molar-refractivity contribution is 6.12. The van der Waals surface area contributed by atoms with Crippen LogP contribution in [0.15, 0.2) is 159 Å². The Morgan fingerprint density at radius 2 is 0.750 bits per heavy atom. The number of pyridine rings is 5. The monoisotopic (exact) mass is 666 g/mol. The van der Waals surface area contributed by atoms with Gasteiger partial charge in [-0.05, 0) is 89.0 Å². The number of hydrogen-bond acceptors (Lipinski definition) is 8. The molecule has 242 valence electrons. The van der Waals surface area contributed by atoms with E-state index in [0.717, 1.165) is 82.6 Å². The molecule has 0 unspecified atom stereocenters. The van der Waals surface area contributed by atoms with Gasteiger partial charge in [-0.1, -0.05) is 54.6 Å². The van der Waals surface area contributed by atoms with E-state index in [9.17, 15) is 0 Å². The third-order valence-corrected chi connectivity index (χ3v) is 9.34. The molecule has 10 rings (SSSR count). The molecule has 0 saturated carbocycles. The van der Waals surface area contributed by atoms with Crippen molar-refractivity contribution in [3.63, 3.8) is 0 Å². The molecule has 8 heteroatoms. The first kappa shape index (κ1) is 29.6. The second-order valence-corrected chi connectivity index (χ2v) is 12.5. The first-order valence-corrected chi connectivity index (χ1v) is 16.9. The summed E-state index contributed by atoms with van der Waals surface area (Å²) in [4.78, 5) is 38.4. The van der Waals surface area contributed by atoms with Crippen LogP contribution in [0.1, 0.15) is 0 Å². The predicted octanol–water partition coefficient (Wildman–Crippen LogP) is 9.79. The van der Waals surface area contributed by atoms with Gasteiger partial charge in [-0.25, -0.2) is 15.0 Å². The van der Waals surface area contributed by atoms with Gasteiger partial charge in [0.25, 0.3) is 0 Å². The first-order chi connectivity index (χ1) is 25.8. The predicted molar refractivity (Wildman–Crippen MR) is 206 cm³/mol. The molecular formula is C44H26N8. The van der Waals surface area contributed by atoms with Crippen LogP contribution in [0.5, 0.6) is 0 Å². The van der Waals surface area contributed by atoms with E-state index in [0.29, 0.717) is 17.5 Å². The number of fused-ring (bicyclic) bond motifs is 6. The lowest BCUT2D eigenvalue weighted by atomic mass is 9.91. The Morgan fingerprint density at radius 1 is 0.308 bits per heavy atom. The van der Waals surface area contributed by atoms with Crippen molar-refractivity contribution in [2.75, 3.05) is 0 Å². The van der Waals surface area contributed by atoms with Crippen molar-refractivity contribution in [2.24, 2.45) is 0 Å². The van der Waals surface area contributed by atoms with Crippen molar-refractivity contribution in [3.8, 4) is 56.4 Å². The summed E-state index contributed by atoms with van der Waals surface area (Å²) >= 11 is 0. The number of benzene rings is 4. The highest BCUT2D eigenvalue weighted by Gasteiger charge is 2.18. The van der Waals surface area contributed by atoms with E-state index in [2.05, 4.69) is 59.6 Å². The maximum absolute atomic E-state index is 5.11. The van der Waals surface area contributed by atoms with E-state index in [1.807, 2.05) is 91.5 Å². The molecule has 0 aliphatic heterocycles. The zero-order chi connectivity index (χ0) is 34.4. The molecule has 6 aromatic heterocycles. The molecule has 4 aromatic carbocycles. The molecular weight excluding hydrogens is 641 g/mol. The third kappa shape index (κ3) is 5.09. The van der Waals surface area contributed by atoms with Crippen LogP contribution >= 0.6 is 0 Å². The maximum Gasteiger partial charge on any atom is 0.164 e. The lowest BCUT2D eigenvalue weighted by Gasteiger charge is -2.16. The molecule has 8 nitrogen and oxygen atoms in total. The van der Waals surface area contributed by atoms with Gasteiger partial charge in [0.05, 0.1) is 22.1 Å². The Morgan fingerprint density at radius 3 is 1.29 bits per heavy atom. The van der Waals surface area contributed by atoms with Crippen LogP contribution in [0.4, 0.5) is 0 Å². The quantitative estimate of drug-likeness (QED) is 0.167. The lowest BCUT2D eigenvalue weighted by molar-refractivity contribution is 1.07. The Hall–Kier alpha value is -7.32. The molecule has 0 spiro atoms. The van der Waals surface area contributed by atoms with Crippen LogP contribution < -0.4 is 0 Å².